The number of nitrogens with one attached hydrogen (secondary N) is 2. The first-order valence-corrected chi connectivity index (χ1v) is 5.71. The molecule has 4 heteroatoms. The van der Waals surface area contributed by atoms with Gasteiger partial charge in [0.25, 0.3) is 0 Å². The van der Waals surface area contributed by atoms with Crippen LogP contribution in [0.15, 0.2) is 0 Å². The minimum atomic E-state index is 0.0866. The maximum atomic E-state index is 11.4. The third kappa shape index (κ3) is 4.62. The molecule has 15 heavy (non-hydrogen) atoms. The van der Waals surface area contributed by atoms with Gasteiger partial charge in [-0.15, -0.1) is 0 Å². The van der Waals surface area contributed by atoms with E-state index in [-0.39, 0.29) is 11.9 Å². The van der Waals surface area contributed by atoms with Gasteiger partial charge in [-0.25, -0.2) is 0 Å². The van der Waals surface area contributed by atoms with Crippen molar-refractivity contribution in [1.82, 2.24) is 10.6 Å². The maximum absolute atomic E-state index is 11.4. The van der Waals surface area contributed by atoms with Crippen molar-refractivity contribution in [2.45, 2.75) is 39.3 Å². The second-order valence-electron chi connectivity index (χ2n) is 4.50. The highest BCUT2D eigenvalue weighted by Crippen LogP contribution is 2.01. The van der Waals surface area contributed by atoms with Crippen molar-refractivity contribution in [2.24, 2.45) is 5.92 Å². The van der Waals surface area contributed by atoms with Gasteiger partial charge in [0.05, 0.1) is 12.7 Å². The Hall–Kier alpha value is -0.610. The van der Waals surface area contributed by atoms with Crippen molar-refractivity contribution < 1.29 is 9.53 Å². The molecule has 1 amide bonds. The summed E-state index contributed by atoms with van der Waals surface area (Å²) in [5.41, 5.74) is 0. The van der Waals surface area contributed by atoms with Gasteiger partial charge in [0.15, 0.2) is 0 Å². The Morgan fingerprint density at radius 1 is 1.47 bits per heavy atom. The average molecular weight is 214 g/mol. The largest absolute Gasteiger partial charge is 0.375 e. The number of carbonyl (C=O) groups is 1. The van der Waals surface area contributed by atoms with Gasteiger partial charge in [0.2, 0.25) is 5.91 Å². The number of hydrogen-bond donors (Lipinski definition) is 2. The Morgan fingerprint density at radius 3 is 2.60 bits per heavy atom. The zero-order valence-corrected chi connectivity index (χ0v) is 9.88. The lowest BCUT2D eigenvalue weighted by Gasteiger charge is -2.27. The molecule has 1 aliphatic heterocycles. The lowest BCUT2D eigenvalue weighted by atomic mass is 10.1. The fourth-order valence-corrected chi connectivity index (χ4v) is 1.19. The maximum Gasteiger partial charge on any atom is 0.222 e. The fourth-order valence-electron chi connectivity index (χ4n) is 1.19. The highest BCUT2D eigenvalue weighted by Gasteiger charge is 2.17. The highest BCUT2D eigenvalue weighted by molar-refractivity contribution is 5.76. The Labute approximate surface area is 91.8 Å². The molecule has 1 saturated heterocycles. The molecule has 0 saturated carbocycles. The van der Waals surface area contributed by atoms with Crippen LogP contribution in [0.25, 0.3) is 0 Å². The fraction of sp³-hybridized carbons (Fsp3) is 0.909. The average Bonchev–Trinajstić information content (AvgIpc) is 2.09. The Balaban J connectivity index is 2.02. The molecule has 0 aliphatic carbocycles. The molecule has 0 aromatic rings. The van der Waals surface area contributed by atoms with E-state index in [1.54, 1.807) is 0 Å². The molecular formula is C11H22N2O2. The normalized spacial score (nSPS) is 18.7. The number of amides is 1. The molecule has 0 spiro atoms. The summed E-state index contributed by atoms with van der Waals surface area (Å²) in [6, 6.07) is 0.239. The molecule has 1 heterocycles. The van der Waals surface area contributed by atoms with Crippen LogP contribution in [-0.2, 0) is 9.53 Å². The first kappa shape index (κ1) is 12.5. The van der Waals surface area contributed by atoms with Crippen LogP contribution in [0.3, 0.4) is 0 Å². The lowest BCUT2D eigenvalue weighted by Crippen LogP contribution is -2.48. The van der Waals surface area contributed by atoms with Crippen LogP contribution in [0.2, 0.25) is 0 Å². The van der Waals surface area contributed by atoms with E-state index < -0.39 is 0 Å². The first-order valence-electron chi connectivity index (χ1n) is 5.71. The monoisotopic (exact) mass is 214 g/mol. The molecular weight excluding hydrogens is 192 g/mol. The Bertz CT molecular complexity index is 203. The summed E-state index contributed by atoms with van der Waals surface area (Å²) in [5, 5.41) is 6.08. The third-order valence-electron chi connectivity index (χ3n) is 2.82. The van der Waals surface area contributed by atoms with Crippen LogP contribution in [-0.4, -0.2) is 37.7 Å². The minimum absolute atomic E-state index is 0.0866. The number of carbonyl (C=O) groups excluding carboxylic acids is 1. The summed E-state index contributed by atoms with van der Waals surface area (Å²) in [6.45, 7) is 8.60. The van der Waals surface area contributed by atoms with Crippen LogP contribution in [0, 0.1) is 5.92 Å². The van der Waals surface area contributed by atoms with Gasteiger partial charge in [-0.05, 0) is 12.8 Å². The topological polar surface area (TPSA) is 50.4 Å². The van der Waals surface area contributed by atoms with Crippen molar-refractivity contribution >= 4 is 5.91 Å². The SMILES string of the molecule is CC(C)C(C)NC(=O)CCOC1CNC1. The van der Waals surface area contributed by atoms with Crippen molar-refractivity contribution in [3.63, 3.8) is 0 Å². The molecule has 4 nitrogen and oxygen atoms in total. The van der Waals surface area contributed by atoms with Gasteiger partial charge in [0.1, 0.15) is 0 Å². The van der Waals surface area contributed by atoms with Crippen LogP contribution in [0.4, 0.5) is 0 Å². The van der Waals surface area contributed by atoms with Crippen molar-refractivity contribution in [2.75, 3.05) is 19.7 Å². The summed E-state index contributed by atoms with van der Waals surface area (Å²) in [7, 11) is 0. The molecule has 1 unspecified atom stereocenters. The predicted molar refractivity (Wildman–Crippen MR) is 59.7 cm³/mol. The molecule has 0 radical (unpaired) electrons. The van der Waals surface area contributed by atoms with Gasteiger partial charge in [-0.2, -0.15) is 0 Å². The zero-order chi connectivity index (χ0) is 11.3. The number of ether oxygens (including phenoxy) is 1. The van der Waals surface area contributed by atoms with Crippen LogP contribution < -0.4 is 10.6 Å². The minimum Gasteiger partial charge on any atom is -0.375 e. The van der Waals surface area contributed by atoms with E-state index in [0.717, 1.165) is 13.1 Å². The second kappa shape index (κ2) is 6.08. The summed E-state index contributed by atoms with van der Waals surface area (Å²) in [6.07, 6.45) is 0.786. The van der Waals surface area contributed by atoms with Gasteiger partial charge in [0, 0.05) is 25.6 Å². The van der Waals surface area contributed by atoms with E-state index in [1.807, 2.05) is 6.92 Å². The third-order valence-corrected chi connectivity index (χ3v) is 2.82. The Morgan fingerprint density at radius 2 is 2.13 bits per heavy atom. The Kier molecular flexibility index (Phi) is 5.05. The van der Waals surface area contributed by atoms with E-state index in [9.17, 15) is 4.79 Å². The molecule has 1 rings (SSSR count). The second-order valence-corrected chi connectivity index (χ2v) is 4.50. The van der Waals surface area contributed by atoms with Crippen molar-refractivity contribution in [1.29, 1.82) is 0 Å². The van der Waals surface area contributed by atoms with E-state index in [2.05, 4.69) is 24.5 Å². The van der Waals surface area contributed by atoms with E-state index in [0.29, 0.717) is 25.0 Å². The summed E-state index contributed by atoms with van der Waals surface area (Å²) in [4.78, 5) is 11.4. The molecule has 1 atom stereocenters. The number of rotatable bonds is 6. The highest BCUT2D eigenvalue weighted by atomic mass is 16.5. The van der Waals surface area contributed by atoms with Crippen molar-refractivity contribution in [3.05, 3.63) is 0 Å². The summed E-state index contributed by atoms with van der Waals surface area (Å²) in [5.74, 6) is 0.564. The van der Waals surface area contributed by atoms with Gasteiger partial charge < -0.3 is 15.4 Å². The zero-order valence-electron chi connectivity index (χ0n) is 9.88. The molecule has 0 aromatic heterocycles. The van der Waals surface area contributed by atoms with Crippen LogP contribution in [0.5, 0.6) is 0 Å². The molecule has 2 N–H and O–H groups in total. The van der Waals surface area contributed by atoms with E-state index in [1.165, 1.54) is 0 Å². The predicted octanol–water partition coefficient (Wildman–Crippen LogP) is 0.526. The summed E-state index contributed by atoms with van der Waals surface area (Å²) < 4.78 is 5.47. The molecule has 88 valence electrons. The first-order chi connectivity index (χ1) is 7.09. The quantitative estimate of drug-likeness (QED) is 0.678. The van der Waals surface area contributed by atoms with E-state index in [4.69, 9.17) is 4.74 Å². The smallest absolute Gasteiger partial charge is 0.222 e. The van der Waals surface area contributed by atoms with Gasteiger partial charge in [-0.3, -0.25) is 4.79 Å². The van der Waals surface area contributed by atoms with Crippen LogP contribution >= 0.6 is 0 Å². The molecule has 0 bridgehead atoms. The van der Waals surface area contributed by atoms with Crippen molar-refractivity contribution in [3.8, 4) is 0 Å². The van der Waals surface area contributed by atoms with E-state index >= 15 is 0 Å². The molecule has 1 aliphatic rings. The van der Waals surface area contributed by atoms with Crippen LogP contribution in [0.1, 0.15) is 27.2 Å². The number of hydrogen-bond acceptors (Lipinski definition) is 3. The standard InChI is InChI=1S/C11H22N2O2/c1-8(2)9(3)13-11(14)4-5-15-10-6-12-7-10/h8-10,12H,4-7H2,1-3H3,(H,13,14). The molecule has 1 fully saturated rings. The summed E-state index contributed by atoms with van der Waals surface area (Å²) >= 11 is 0. The molecule has 0 aromatic carbocycles. The van der Waals surface area contributed by atoms with Gasteiger partial charge >= 0.3 is 0 Å². The lowest BCUT2D eigenvalue weighted by molar-refractivity contribution is -0.123. The van der Waals surface area contributed by atoms with Gasteiger partial charge in [-0.1, -0.05) is 13.8 Å².